The van der Waals surface area contributed by atoms with E-state index in [1.165, 1.54) is 6.42 Å². The van der Waals surface area contributed by atoms with Crippen LogP contribution in [0.4, 0.5) is 0 Å². The van der Waals surface area contributed by atoms with Gasteiger partial charge in [-0.15, -0.1) is 0 Å². The van der Waals surface area contributed by atoms with Gasteiger partial charge in [-0.05, 0) is 31.6 Å². The van der Waals surface area contributed by atoms with Gasteiger partial charge >= 0.3 is 0 Å². The van der Waals surface area contributed by atoms with Gasteiger partial charge in [-0.2, -0.15) is 0 Å². The zero-order valence-corrected chi connectivity index (χ0v) is 7.34. The van der Waals surface area contributed by atoms with Gasteiger partial charge in [-0.25, -0.2) is 0 Å². The van der Waals surface area contributed by atoms with Crippen LogP contribution < -0.4 is 0 Å². The number of hydrogen-bond acceptors (Lipinski definition) is 1. The Balaban J connectivity index is 2.25. The maximum atomic E-state index is 5.76. The van der Waals surface area contributed by atoms with Crippen LogP contribution in [0.5, 0.6) is 0 Å². The lowest BCUT2D eigenvalue weighted by molar-refractivity contribution is -0.0153. The Morgan fingerprint density at radius 3 is 3.09 bits per heavy atom. The highest BCUT2D eigenvalue weighted by Crippen LogP contribution is 2.42. The summed E-state index contributed by atoms with van der Waals surface area (Å²) < 4.78 is 5.76. The number of allylic oxidation sites excluding steroid dienone is 1. The fourth-order valence-corrected chi connectivity index (χ4v) is 2.51. The lowest BCUT2D eigenvalue weighted by Gasteiger charge is -2.35. The molecular formula is C10H16O. The minimum absolute atomic E-state index is 0.175. The highest BCUT2D eigenvalue weighted by molar-refractivity contribution is 5.07. The first-order valence-corrected chi connectivity index (χ1v) is 4.53. The minimum atomic E-state index is 0.175. The van der Waals surface area contributed by atoms with Crippen molar-refractivity contribution in [1.29, 1.82) is 0 Å². The normalized spacial score (nSPS) is 49.3. The lowest BCUT2D eigenvalue weighted by Crippen LogP contribution is -2.36. The van der Waals surface area contributed by atoms with Crippen LogP contribution in [-0.4, -0.2) is 12.2 Å². The molecule has 1 heteroatoms. The van der Waals surface area contributed by atoms with Crippen LogP contribution in [0, 0.1) is 11.8 Å². The molecule has 1 heterocycles. The summed E-state index contributed by atoms with van der Waals surface area (Å²) in [6, 6.07) is 0. The summed E-state index contributed by atoms with van der Waals surface area (Å²) in [6.07, 6.45) is 6.97. The van der Waals surface area contributed by atoms with Gasteiger partial charge < -0.3 is 4.74 Å². The molecule has 0 aromatic heterocycles. The summed E-state index contributed by atoms with van der Waals surface area (Å²) in [5.74, 6) is 1.49. The van der Waals surface area contributed by atoms with E-state index in [0.29, 0.717) is 0 Å². The van der Waals surface area contributed by atoms with Gasteiger partial charge in [-0.1, -0.05) is 19.1 Å². The largest absolute Gasteiger partial charge is 0.375 e. The zero-order chi connectivity index (χ0) is 7.90. The zero-order valence-electron chi connectivity index (χ0n) is 7.34. The van der Waals surface area contributed by atoms with Gasteiger partial charge in [0, 0.05) is 6.61 Å². The molecule has 0 amide bonds. The molecule has 62 valence electrons. The molecule has 0 spiro atoms. The standard InChI is InChI=1S/C10H16O/c1-8-4-3-6-10(2)9(8)5-7-11-10/h3-4,8-9H,5-7H2,1-2H3/t8-,9+,10+/m1/s1. The second kappa shape index (κ2) is 2.34. The molecule has 0 aromatic rings. The van der Waals surface area contributed by atoms with Crippen LogP contribution >= 0.6 is 0 Å². The Kier molecular flexibility index (Phi) is 1.57. The summed E-state index contributed by atoms with van der Waals surface area (Å²) in [5.41, 5.74) is 0.175. The van der Waals surface area contributed by atoms with Crippen molar-refractivity contribution in [3.05, 3.63) is 12.2 Å². The van der Waals surface area contributed by atoms with Crippen molar-refractivity contribution in [3.8, 4) is 0 Å². The van der Waals surface area contributed by atoms with Crippen LogP contribution in [0.15, 0.2) is 12.2 Å². The van der Waals surface area contributed by atoms with Crippen molar-refractivity contribution < 1.29 is 4.74 Å². The molecule has 1 aliphatic heterocycles. The summed E-state index contributed by atoms with van der Waals surface area (Å²) in [6.45, 7) is 5.52. The minimum Gasteiger partial charge on any atom is -0.375 e. The maximum Gasteiger partial charge on any atom is 0.0723 e. The van der Waals surface area contributed by atoms with E-state index in [-0.39, 0.29) is 5.60 Å². The Morgan fingerprint density at radius 1 is 1.55 bits per heavy atom. The second-order valence-corrected chi connectivity index (χ2v) is 4.05. The van der Waals surface area contributed by atoms with Crippen molar-refractivity contribution in [2.24, 2.45) is 11.8 Å². The van der Waals surface area contributed by atoms with Crippen molar-refractivity contribution in [3.63, 3.8) is 0 Å². The molecule has 0 saturated carbocycles. The fourth-order valence-electron chi connectivity index (χ4n) is 2.51. The molecule has 0 aromatic carbocycles. The summed E-state index contributed by atoms with van der Waals surface area (Å²) >= 11 is 0. The highest BCUT2D eigenvalue weighted by Gasteiger charge is 2.42. The molecule has 0 radical (unpaired) electrons. The topological polar surface area (TPSA) is 9.23 Å². The molecule has 2 aliphatic rings. The van der Waals surface area contributed by atoms with Crippen LogP contribution in [-0.2, 0) is 4.74 Å². The van der Waals surface area contributed by atoms with E-state index < -0.39 is 0 Å². The number of fused-ring (bicyclic) bond motifs is 1. The first kappa shape index (κ1) is 7.35. The molecule has 1 saturated heterocycles. The molecule has 1 nitrogen and oxygen atoms in total. The first-order chi connectivity index (χ1) is 5.22. The van der Waals surface area contributed by atoms with E-state index >= 15 is 0 Å². The summed E-state index contributed by atoms with van der Waals surface area (Å²) in [5, 5.41) is 0. The number of ether oxygens (including phenoxy) is 1. The summed E-state index contributed by atoms with van der Waals surface area (Å²) in [4.78, 5) is 0. The summed E-state index contributed by atoms with van der Waals surface area (Å²) in [7, 11) is 0. The molecule has 1 aliphatic carbocycles. The van der Waals surface area contributed by atoms with E-state index in [4.69, 9.17) is 4.74 Å². The maximum absolute atomic E-state index is 5.76. The third kappa shape index (κ3) is 1.02. The lowest BCUT2D eigenvalue weighted by atomic mass is 9.74. The highest BCUT2D eigenvalue weighted by atomic mass is 16.5. The molecule has 1 fully saturated rings. The fraction of sp³-hybridized carbons (Fsp3) is 0.800. The Morgan fingerprint density at radius 2 is 2.36 bits per heavy atom. The van der Waals surface area contributed by atoms with Crippen molar-refractivity contribution >= 4 is 0 Å². The molecule has 2 rings (SSSR count). The van der Waals surface area contributed by atoms with Gasteiger partial charge in [-0.3, -0.25) is 0 Å². The predicted molar refractivity (Wildman–Crippen MR) is 45.4 cm³/mol. The van der Waals surface area contributed by atoms with Crippen molar-refractivity contribution in [2.45, 2.75) is 32.3 Å². The number of rotatable bonds is 0. The van der Waals surface area contributed by atoms with Gasteiger partial charge in [0.1, 0.15) is 0 Å². The van der Waals surface area contributed by atoms with E-state index in [0.717, 1.165) is 24.9 Å². The van der Waals surface area contributed by atoms with Crippen molar-refractivity contribution in [2.75, 3.05) is 6.61 Å². The Bertz CT molecular complexity index is 185. The van der Waals surface area contributed by atoms with Crippen LogP contribution in [0.25, 0.3) is 0 Å². The molecule has 0 unspecified atom stereocenters. The quantitative estimate of drug-likeness (QED) is 0.484. The molecular weight excluding hydrogens is 136 g/mol. The SMILES string of the molecule is C[C@@H]1C=CC[C@]2(C)OCC[C@@H]12. The van der Waals surface area contributed by atoms with Crippen LogP contribution in [0.2, 0.25) is 0 Å². The Hall–Kier alpha value is -0.300. The third-order valence-electron chi connectivity index (χ3n) is 3.24. The van der Waals surface area contributed by atoms with E-state index in [1.807, 2.05) is 0 Å². The predicted octanol–water partition coefficient (Wildman–Crippen LogP) is 2.38. The van der Waals surface area contributed by atoms with Gasteiger partial charge in [0.05, 0.1) is 5.60 Å². The average molecular weight is 152 g/mol. The molecule has 0 N–H and O–H groups in total. The van der Waals surface area contributed by atoms with Gasteiger partial charge in [0.15, 0.2) is 0 Å². The van der Waals surface area contributed by atoms with E-state index in [9.17, 15) is 0 Å². The van der Waals surface area contributed by atoms with Gasteiger partial charge in [0.25, 0.3) is 0 Å². The molecule has 11 heavy (non-hydrogen) atoms. The van der Waals surface area contributed by atoms with Crippen LogP contribution in [0.3, 0.4) is 0 Å². The monoisotopic (exact) mass is 152 g/mol. The first-order valence-electron chi connectivity index (χ1n) is 4.53. The second-order valence-electron chi connectivity index (χ2n) is 4.05. The van der Waals surface area contributed by atoms with Crippen molar-refractivity contribution in [1.82, 2.24) is 0 Å². The smallest absolute Gasteiger partial charge is 0.0723 e. The van der Waals surface area contributed by atoms with Crippen LogP contribution in [0.1, 0.15) is 26.7 Å². The molecule has 3 atom stereocenters. The third-order valence-corrected chi connectivity index (χ3v) is 3.24. The number of hydrogen-bond donors (Lipinski definition) is 0. The van der Waals surface area contributed by atoms with E-state index in [2.05, 4.69) is 26.0 Å². The van der Waals surface area contributed by atoms with E-state index in [1.54, 1.807) is 0 Å². The Labute approximate surface area is 68.4 Å². The average Bonchev–Trinajstić information content (AvgIpc) is 2.31. The van der Waals surface area contributed by atoms with Gasteiger partial charge in [0.2, 0.25) is 0 Å². The molecule has 0 bridgehead atoms.